The summed E-state index contributed by atoms with van der Waals surface area (Å²) in [5, 5.41) is 9.53. The standard InChI is InChI=1S/C8H19N3O/c1-6(9-3)8(11-5)7(2,10-4)12-8/h6,9-11H,1-5H3. The van der Waals surface area contributed by atoms with Crippen LogP contribution in [0.25, 0.3) is 0 Å². The van der Waals surface area contributed by atoms with Gasteiger partial charge in [-0.3, -0.25) is 10.6 Å². The van der Waals surface area contributed by atoms with Crippen LogP contribution in [0.15, 0.2) is 0 Å². The Bertz CT molecular complexity index is 176. The summed E-state index contributed by atoms with van der Waals surface area (Å²) in [7, 11) is 5.75. The van der Waals surface area contributed by atoms with E-state index in [0.717, 1.165) is 0 Å². The van der Waals surface area contributed by atoms with Crippen LogP contribution in [0.4, 0.5) is 0 Å². The van der Waals surface area contributed by atoms with Crippen molar-refractivity contribution in [1.29, 1.82) is 0 Å². The summed E-state index contributed by atoms with van der Waals surface area (Å²) < 4.78 is 5.66. The fraction of sp³-hybridized carbons (Fsp3) is 1.00. The molecule has 0 bridgehead atoms. The van der Waals surface area contributed by atoms with E-state index in [1.54, 1.807) is 0 Å². The molecule has 72 valence electrons. The molecule has 0 aromatic rings. The Morgan fingerprint density at radius 2 is 1.75 bits per heavy atom. The molecule has 0 amide bonds. The molecule has 0 aromatic heterocycles. The Labute approximate surface area is 74.1 Å². The molecule has 1 rings (SSSR count). The SMILES string of the molecule is CNC(C)C1(NC)OC1(C)NC. The van der Waals surface area contributed by atoms with Gasteiger partial charge < -0.3 is 10.1 Å². The predicted molar refractivity (Wildman–Crippen MR) is 48.9 cm³/mol. The lowest BCUT2D eigenvalue weighted by atomic mass is 10.0. The Kier molecular flexibility index (Phi) is 2.45. The van der Waals surface area contributed by atoms with Crippen LogP contribution in [0.5, 0.6) is 0 Å². The highest BCUT2D eigenvalue weighted by molar-refractivity contribution is 5.13. The molecule has 1 aliphatic heterocycles. The van der Waals surface area contributed by atoms with E-state index in [0.29, 0.717) is 0 Å². The summed E-state index contributed by atoms with van der Waals surface area (Å²) in [5.41, 5.74) is -0.513. The van der Waals surface area contributed by atoms with Gasteiger partial charge in [0.2, 0.25) is 0 Å². The molecular weight excluding hydrogens is 154 g/mol. The Morgan fingerprint density at radius 3 is 2.00 bits per heavy atom. The molecule has 3 N–H and O–H groups in total. The maximum Gasteiger partial charge on any atom is 0.179 e. The summed E-state index contributed by atoms with van der Waals surface area (Å²) in [6, 6.07) is 0.278. The van der Waals surface area contributed by atoms with Crippen LogP contribution < -0.4 is 16.0 Å². The van der Waals surface area contributed by atoms with Crippen LogP contribution in [0, 0.1) is 0 Å². The fourth-order valence-electron chi connectivity index (χ4n) is 1.74. The molecule has 3 unspecified atom stereocenters. The van der Waals surface area contributed by atoms with Gasteiger partial charge in [0, 0.05) is 0 Å². The van der Waals surface area contributed by atoms with Crippen LogP contribution in [0.3, 0.4) is 0 Å². The van der Waals surface area contributed by atoms with Crippen molar-refractivity contribution < 1.29 is 4.74 Å². The van der Waals surface area contributed by atoms with Gasteiger partial charge in [-0.25, -0.2) is 0 Å². The third-order valence-electron chi connectivity index (χ3n) is 2.92. The first-order chi connectivity index (χ1) is 5.56. The van der Waals surface area contributed by atoms with E-state index in [4.69, 9.17) is 4.74 Å². The molecular formula is C8H19N3O. The molecule has 1 saturated heterocycles. The molecule has 1 heterocycles. The second-order valence-corrected chi connectivity index (χ2v) is 3.38. The third kappa shape index (κ3) is 1.07. The van der Waals surface area contributed by atoms with Crippen LogP contribution in [-0.2, 0) is 4.74 Å². The largest absolute Gasteiger partial charge is 0.329 e. The van der Waals surface area contributed by atoms with Crippen molar-refractivity contribution in [2.45, 2.75) is 31.3 Å². The zero-order valence-corrected chi connectivity index (χ0v) is 8.49. The number of nitrogens with one attached hydrogen (secondary N) is 3. The highest BCUT2D eigenvalue weighted by Crippen LogP contribution is 2.45. The maximum atomic E-state index is 5.66. The van der Waals surface area contributed by atoms with Crippen LogP contribution in [-0.4, -0.2) is 38.6 Å². The van der Waals surface area contributed by atoms with Crippen molar-refractivity contribution in [3.05, 3.63) is 0 Å². The van der Waals surface area contributed by atoms with Crippen molar-refractivity contribution in [3.8, 4) is 0 Å². The quantitative estimate of drug-likeness (QED) is 0.501. The van der Waals surface area contributed by atoms with Crippen LogP contribution in [0.1, 0.15) is 13.8 Å². The van der Waals surface area contributed by atoms with E-state index in [1.807, 2.05) is 28.1 Å². The number of hydrogen-bond acceptors (Lipinski definition) is 4. The highest BCUT2D eigenvalue weighted by atomic mass is 16.7. The first-order valence-corrected chi connectivity index (χ1v) is 4.31. The van der Waals surface area contributed by atoms with Gasteiger partial charge in [0.15, 0.2) is 11.4 Å². The van der Waals surface area contributed by atoms with Gasteiger partial charge in [0.05, 0.1) is 6.04 Å². The van der Waals surface area contributed by atoms with Gasteiger partial charge in [-0.15, -0.1) is 0 Å². The Hall–Kier alpha value is -0.160. The minimum absolute atomic E-state index is 0.246. The minimum Gasteiger partial charge on any atom is -0.329 e. The summed E-state index contributed by atoms with van der Waals surface area (Å²) in [6.45, 7) is 4.14. The monoisotopic (exact) mass is 173 g/mol. The van der Waals surface area contributed by atoms with Gasteiger partial charge >= 0.3 is 0 Å². The maximum absolute atomic E-state index is 5.66. The van der Waals surface area contributed by atoms with E-state index >= 15 is 0 Å². The zero-order chi connectivity index (χ0) is 9.41. The number of hydrogen-bond donors (Lipinski definition) is 3. The second-order valence-electron chi connectivity index (χ2n) is 3.38. The number of ether oxygens (including phenoxy) is 1. The normalized spacial score (nSPS) is 42.8. The Morgan fingerprint density at radius 1 is 1.17 bits per heavy atom. The van der Waals surface area contributed by atoms with Crippen molar-refractivity contribution >= 4 is 0 Å². The molecule has 3 atom stereocenters. The van der Waals surface area contributed by atoms with Crippen molar-refractivity contribution in [2.75, 3.05) is 21.1 Å². The van der Waals surface area contributed by atoms with Gasteiger partial charge in [0.1, 0.15) is 0 Å². The molecule has 0 saturated carbocycles. The van der Waals surface area contributed by atoms with E-state index in [2.05, 4.69) is 22.9 Å². The van der Waals surface area contributed by atoms with Gasteiger partial charge in [-0.2, -0.15) is 0 Å². The highest BCUT2D eigenvalue weighted by Gasteiger charge is 2.68. The van der Waals surface area contributed by atoms with E-state index in [-0.39, 0.29) is 17.5 Å². The summed E-state index contributed by atoms with van der Waals surface area (Å²) in [6.07, 6.45) is 0. The lowest BCUT2D eigenvalue weighted by molar-refractivity contribution is 0.208. The smallest absolute Gasteiger partial charge is 0.179 e. The van der Waals surface area contributed by atoms with E-state index in [9.17, 15) is 0 Å². The summed E-state index contributed by atoms with van der Waals surface area (Å²) >= 11 is 0. The fourth-order valence-corrected chi connectivity index (χ4v) is 1.74. The lowest BCUT2D eigenvalue weighted by Gasteiger charge is -2.22. The average molecular weight is 173 g/mol. The first kappa shape index (κ1) is 9.92. The molecule has 12 heavy (non-hydrogen) atoms. The first-order valence-electron chi connectivity index (χ1n) is 4.31. The average Bonchev–Trinajstić information content (AvgIpc) is 2.73. The predicted octanol–water partition coefficient (Wildman–Crippen LogP) is -0.524. The topological polar surface area (TPSA) is 48.6 Å². The molecule has 0 aromatic carbocycles. The minimum atomic E-state index is -0.267. The third-order valence-corrected chi connectivity index (χ3v) is 2.92. The van der Waals surface area contributed by atoms with Crippen molar-refractivity contribution in [1.82, 2.24) is 16.0 Å². The zero-order valence-electron chi connectivity index (χ0n) is 8.49. The van der Waals surface area contributed by atoms with Gasteiger partial charge in [-0.05, 0) is 35.0 Å². The van der Waals surface area contributed by atoms with Crippen molar-refractivity contribution in [2.24, 2.45) is 0 Å². The molecule has 4 heteroatoms. The Balaban J connectivity index is 2.70. The van der Waals surface area contributed by atoms with Crippen molar-refractivity contribution in [3.63, 3.8) is 0 Å². The van der Waals surface area contributed by atoms with Crippen LogP contribution >= 0.6 is 0 Å². The molecule has 4 nitrogen and oxygen atoms in total. The molecule has 0 spiro atoms. The van der Waals surface area contributed by atoms with Gasteiger partial charge in [0.25, 0.3) is 0 Å². The molecule has 1 aliphatic rings. The summed E-state index contributed by atoms with van der Waals surface area (Å²) in [5.74, 6) is 0. The molecule has 1 fully saturated rings. The van der Waals surface area contributed by atoms with E-state index < -0.39 is 0 Å². The van der Waals surface area contributed by atoms with Crippen LogP contribution in [0.2, 0.25) is 0 Å². The summed E-state index contributed by atoms with van der Waals surface area (Å²) in [4.78, 5) is 0. The lowest BCUT2D eigenvalue weighted by Crippen LogP contribution is -2.54. The molecule has 0 aliphatic carbocycles. The molecule has 0 radical (unpaired) electrons. The number of likely N-dealkylation sites (N-methyl/N-ethyl adjacent to an activating group) is 3. The van der Waals surface area contributed by atoms with Gasteiger partial charge in [-0.1, -0.05) is 0 Å². The number of rotatable bonds is 4. The second kappa shape index (κ2) is 2.96. The van der Waals surface area contributed by atoms with E-state index in [1.165, 1.54) is 0 Å². The number of epoxide rings is 1.